The van der Waals surface area contributed by atoms with Crippen LogP contribution in [0.4, 0.5) is 11.5 Å². The van der Waals surface area contributed by atoms with Gasteiger partial charge in [0.2, 0.25) is 0 Å². The van der Waals surface area contributed by atoms with Crippen LogP contribution in [0.1, 0.15) is 5.56 Å². The monoisotopic (exact) mass is 166 g/mol. The fourth-order valence-electron chi connectivity index (χ4n) is 0.725. The van der Waals surface area contributed by atoms with Gasteiger partial charge in [-0.3, -0.25) is 0 Å². The quantitative estimate of drug-likeness (QED) is 0.496. The summed E-state index contributed by atoms with van der Waals surface area (Å²) in [5.74, 6) is 0.220. The Labute approximate surface area is 68.4 Å². The first kappa shape index (κ1) is 7.57. The van der Waals surface area contributed by atoms with Crippen molar-refractivity contribution in [3.63, 3.8) is 0 Å². The number of nitrogens with one attached hydrogen (secondary N) is 1. The van der Waals surface area contributed by atoms with Crippen molar-refractivity contribution < 1.29 is 0 Å². The van der Waals surface area contributed by atoms with Crippen LogP contribution in [-0.4, -0.2) is 4.98 Å². The SMILES string of the molecule is N#Cc1c(N)cc(=S)[nH]c1N. The van der Waals surface area contributed by atoms with E-state index in [1.54, 1.807) is 0 Å². The number of rotatable bonds is 0. The third kappa shape index (κ3) is 1.30. The molecule has 0 aromatic carbocycles. The number of hydrogen-bond donors (Lipinski definition) is 3. The number of nitrogen functional groups attached to an aromatic ring is 2. The van der Waals surface area contributed by atoms with Crippen molar-refractivity contribution in [2.75, 3.05) is 11.5 Å². The Morgan fingerprint density at radius 3 is 2.64 bits per heavy atom. The van der Waals surface area contributed by atoms with E-state index in [1.807, 2.05) is 6.07 Å². The minimum Gasteiger partial charge on any atom is -0.397 e. The summed E-state index contributed by atoms with van der Waals surface area (Å²) in [7, 11) is 0. The second-order valence-corrected chi connectivity index (χ2v) is 2.43. The van der Waals surface area contributed by atoms with E-state index in [0.717, 1.165) is 0 Å². The predicted octanol–water partition coefficient (Wildman–Crippen LogP) is 0.780. The topological polar surface area (TPSA) is 91.6 Å². The van der Waals surface area contributed by atoms with Gasteiger partial charge in [0.1, 0.15) is 22.1 Å². The van der Waals surface area contributed by atoms with Crippen molar-refractivity contribution in [2.24, 2.45) is 0 Å². The van der Waals surface area contributed by atoms with Gasteiger partial charge >= 0.3 is 0 Å². The molecule has 11 heavy (non-hydrogen) atoms. The van der Waals surface area contributed by atoms with Crippen molar-refractivity contribution in [1.29, 1.82) is 5.26 Å². The molecule has 0 unspecified atom stereocenters. The highest BCUT2D eigenvalue weighted by atomic mass is 32.1. The van der Waals surface area contributed by atoms with Crippen LogP contribution >= 0.6 is 12.2 Å². The number of nitrogens with two attached hydrogens (primary N) is 2. The molecule has 0 atom stereocenters. The maximum Gasteiger partial charge on any atom is 0.122 e. The second kappa shape index (κ2) is 2.60. The van der Waals surface area contributed by atoms with E-state index in [2.05, 4.69) is 4.98 Å². The molecule has 1 aromatic rings. The largest absolute Gasteiger partial charge is 0.397 e. The first-order chi connectivity index (χ1) is 5.15. The molecule has 5 heteroatoms. The van der Waals surface area contributed by atoms with Gasteiger partial charge in [-0.15, -0.1) is 0 Å². The number of H-pyrrole nitrogens is 1. The summed E-state index contributed by atoms with van der Waals surface area (Å²) in [4.78, 5) is 2.62. The van der Waals surface area contributed by atoms with Crippen LogP contribution in [0, 0.1) is 16.0 Å². The Morgan fingerprint density at radius 1 is 1.55 bits per heavy atom. The van der Waals surface area contributed by atoms with Gasteiger partial charge in [0.25, 0.3) is 0 Å². The maximum atomic E-state index is 8.53. The molecule has 56 valence electrons. The lowest BCUT2D eigenvalue weighted by molar-refractivity contribution is 1.29. The summed E-state index contributed by atoms with van der Waals surface area (Å²) in [6.45, 7) is 0. The molecule has 0 aliphatic heterocycles. The van der Waals surface area contributed by atoms with E-state index >= 15 is 0 Å². The summed E-state index contributed by atoms with van der Waals surface area (Å²) in [5, 5.41) is 8.53. The number of hydrogen-bond acceptors (Lipinski definition) is 4. The molecule has 1 heterocycles. The average Bonchev–Trinajstić information content (AvgIpc) is 1.85. The van der Waals surface area contributed by atoms with E-state index in [4.69, 9.17) is 28.9 Å². The minimum absolute atomic E-state index is 0.220. The molecule has 0 saturated carbocycles. The number of pyridine rings is 1. The third-order valence-electron chi connectivity index (χ3n) is 1.21. The van der Waals surface area contributed by atoms with Gasteiger partial charge in [0.15, 0.2) is 0 Å². The molecule has 0 bridgehead atoms. The fourth-order valence-corrected chi connectivity index (χ4v) is 0.962. The zero-order valence-corrected chi connectivity index (χ0v) is 6.40. The Kier molecular flexibility index (Phi) is 1.79. The van der Waals surface area contributed by atoms with Crippen LogP contribution in [0.15, 0.2) is 6.07 Å². The van der Waals surface area contributed by atoms with Crippen molar-refractivity contribution in [2.45, 2.75) is 0 Å². The molecule has 0 saturated heterocycles. The number of aromatic nitrogens is 1. The van der Waals surface area contributed by atoms with Crippen LogP contribution in [0.2, 0.25) is 0 Å². The van der Waals surface area contributed by atoms with Gasteiger partial charge in [-0.05, 0) is 6.07 Å². The lowest BCUT2D eigenvalue weighted by Crippen LogP contribution is -1.99. The van der Waals surface area contributed by atoms with Crippen LogP contribution in [0.25, 0.3) is 0 Å². The maximum absolute atomic E-state index is 8.53. The summed E-state index contributed by atoms with van der Waals surface area (Å²) < 4.78 is 0.430. The number of aromatic amines is 1. The molecule has 0 amide bonds. The Hall–Kier alpha value is -1.54. The Balaban J connectivity index is 3.52. The highest BCUT2D eigenvalue weighted by molar-refractivity contribution is 7.71. The van der Waals surface area contributed by atoms with Gasteiger partial charge in [-0.1, -0.05) is 12.2 Å². The Morgan fingerprint density at radius 2 is 2.18 bits per heavy atom. The van der Waals surface area contributed by atoms with Crippen LogP contribution in [0.3, 0.4) is 0 Å². The second-order valence-electron chi connectivity index (χ2n) is 1.99. The van der Waals surface area contributed by atoms with E-state index in [0.29, 0.717) is 10.3 Å². The van der Waals surface area contributed by atoms with E-state index in [9.17, 15) is 0 Å². The molecule has 4 nitrogen and oxygen atoms in total. The van der Waals surface area contributed by atoms with Gasteiger partial charge < -0.3 is 16.5 Å². The molecule has 5 N–H and O–H groups in total. The normalized spacial score (nSPS) is 9.00. The standard InChI is InChI=1S/C6H6N4S/c7-2-3-4(8)1-5(11)10-6(3)9/h1H,(H5,8,9,10,11). The summed E-state index contributed by atoms with van der Waals surface area (Å²) in [6.07, 6.45) is 0. The highest BCUT2D eigenvalue weighted by Gasteiger charge is 2.01. The minimum atomic E-state index is 0.220. The predicted molar refractivity (Wildman–Crippen MR) is 45.2 cm³/mol. The first-order valence-corrected chi connectivity index (χ1v) is 3.24. The summed E-state index contributed by atoms with van der Waals surface area (Å²) >= 11 is 4.77. The molecule has 0 spiro atoms. The molecular weight excluding hydrogens is 160 g/mol. The zero-order chi connectivity index (χ0) is 8.43. The molecule has 0 radical (unpaired) electrons. The zero-order valence-electron chi connectivity index (χ0n) is 5.59. The van der Waals surface area contributed by atoms with Crippen LogP contribution < -0.4 is 11.5 Å². The van der Waals surface area contributed by atoms with E-state index < -0.39 is 0 Å². The van der Waals surface area contributed by atoms with Crippen LogP contribution in [-0.2, 0) is 0 Å². The number of nitriles is 1. The lowest BCUT2D eigenvalue weighted by Gasteiger charge is -1.99. The first-order valence-electron chi connectivity index (χ1n) is 2.83. The fraction of sp³-hybridized carbons (Fsp3) is 0. The summed E-state index contributed by atoms with van der Waals surface area (Å²) in [6, 6.07) is 3.35. The smallest absolute Gasteiger partial charge is 0.122 e. The molecule has 0 aliphatic carbocycles. The van der Waals surface area contributed by atoms with Crippen molar-refractivity contribution in [1.82, 2.24) is 4.98 Å². The van der Waals surface area contributed by atoms with Crippen molar-refractivity contribution in [3.8, 4) is 6.07 Å². The number of anilines is 2. The third-order valence-corrected chi connectivity index (χ3v) is 1.43. The van der Waals surface area contributed by atoms with Crippen LogP contribution in [0.5, 0.6) is 0 Å². The van der Waals surface area contributed by atoms with Gasteiger partial charge in [-0.25, -0.2) is 0 Å². The molecule has 0 aliphatic rings. The molecule has 1 rings (SSSR count). The summed E-state index contributed by atoms with van der Waals surface area (Å²) in [5.41, 5.74) is 11.4. The number of nitrogens with zero attached hydrogens (tertiary/aromatic N) is 1. The van der Waals surface area contributed by atoms with Gasteiger partial charge in [-0.2, -0.15) is 5.26 Å². The average molecular weight is 166 g/mol. The molecule has 0 fully saturated rings. The Bertz CT molecular complexity index is 347. The van der Waals surface area contributed by atoms with E-state index in [-0.39, 0.29) is 11.4 Å². The van der Waals surface area contributed by atoms with Gasteiger partial charge in [0, 0.05) is 0 Å². The highest BCUT2D eigenvalue weighted by Crippen LogP contribution is 2.14. The molecular formula is C6H6N4S. The molecule has 1 aromatic heterocycles. The van der Waals surface area contributed by atoms with Crippen molar-refractivity contribution >= 4 is 23.7 Å². The van der Waals surface area contributed by atoms with E-state index in [1.165, 1.54) is 6.07 Å². The van der Waals surface area contributed by atoms with Crippen molar-refractivity contribution in [3.05, 3.63) is 16.3 Å². The lowest BCUT2D eigenvalue weighted by atomic mass is 10.2. The van der Waals surface area contributed by atoms with Gasteiger partial charge in [0.05, 0.1) is 5.69 Å².